The fourth-order valence-electron chi connectivity index (χ4n) is 1.82. The molecule has 2 aromatic rings. The Morgan fingerprint density at radius 2 is 1.94 bits per heavy atom. The summed E-state index contributed by atoms with van der Waals surface area (Å²) in [5, 5.41) is 13.1. The molecule has 2 N–H and O–H groups in total. The van der Waals surface area contributed by atoms with Crippen molar-refractivity contribution in [2.45, 2.75) is 19.9 Å². The van der Waals surface area contributed by atoms with Crippen LogP contribution in [0.4, 0.5) is 5.82 Å². The minimum Gasteiger partial charge on any atom is -0.480 e. The van der Waals surface area contributed by atoms with E-state index in [9.17, 15) is 4.79 Å². The highest BCUT2D eigenvalue weighted by molar-refractivity contribution is 5.81. The van der Waals surface area contributed by atoms with Crippen molar-refractivity contribution in [1.82, 2.24) is 4.98 Å². The van der Waals surface area contributed by atoms with Crippen LogP contribution in [0.2, 0.25) is 0 Å². The molecule has 2 rings (SSSR count). The Morgan fingerprint density at radius 3 is 2.61 bits per heavy atom. The van der Waals surface area contributed by atoms with Crippen molar-refractivity contribution < 1.29 is 9.90 Å². The molecule has 0 fully saturated rings. The van der Waals surface area contributed by atoms with Gasteiger partial charge in [0, 0.05) is 5.39 Å². The van der Waals surface area contributed by atoms with Gasteiger partial charge in [-0.1, -0.05) is 32.0 Å². The van der Waals surface area contributed by atoms with Gasteiger partial charge < -0.3 is 10.4 Å². The summed E-state index contributed by atoms with van der Waals surface area (Å²) in [6.45, 7) is 3.74. The van der Waals surface area contributed by atoms with Crippen LogP contribution in [-0.2, 0) is 4.79 Å². The highest BCUT2D eigenvalue weighted by Crippen LogP contribution is 2.16. The summed E-state index contributed by atoms with van der Waals surface area (Å²) in [6, 6.07) is 10.9. The highest BCUT2D eigenvalue weighted by Gasteiger charge is 2.21. The van der Waals surface area contributed by atoms with Crippen LogP contribution in [0.1, 0.15) is 13.8 Å². The number of para-hydroxylation sites is 1. The van der Waals surface area contributed by atoms with Crippen molar-refractivity contribution in [1.29, 1.82) is 0 Å². The summed E-state index contributed by atoms with van der Waals surface area (Å²) >= 11 is 0. The predicted octanol–water partition coefficient (Wildman–Crippen LogP) is 2.76. The summed E-state index contributed by atoms with van der Waals surface area (Å²) in [6.07, 6.45) is 0. The van der Waals surface area contributed by atoms with Crippen molar-refractivity contribution in [3.8, 4) is 0 Å². The monoisotopic (exact) mass is 244 g/mol. The Hall–Kier alpha value is -2.10. The van der Waals surface area contributed by atoms with Gasteiger partial charge in [0.15, 0.2) is 0 Å². The zero-order chi connectivity index (χ0) is 13.1. The van der Waals surface area contributed by atoms with Gasteiger partial charge in [0.1, 0.15) is 11.9 Å². The van der Waals surface area contributed by atoms with E-state index in [1.165, 1.54) is 0 Å². The molecule has 1 aromatic carbocycles. The smallest absolute Gasteiger partial charge is 0.326 e. The molecular weight excluding hydrogens is 228 g/mol. The Bertz CT molecular complexity index is 566. The molecule has 4 heteroatoms. The molecule has 1 atom stereocenters. The first-order valence-corrected chi connectivity index (χ1v) is 5.93. The van der Waals surface area contributed by atoms with Gasteiger partial charge >= 0.3 is 5.97 Å². The summed E-state index contributed by atoms with van der Waals surface area (Å²) in [7, 11) is 0. The third-order valence-electron chi connectivity index (χ3n) is 2.83. The van der Waals surface area contributed by atoms with Crippen LogP contribution in [0.25, 0.3) is 10.9 Å². The van der Waals surface area contributed by atoms with Crippen LogP contribution >= 0.6 is 0 Å². The lowest BCUT2D eigenvalue weighted by Crippen LogP contribution is -2.34. The molecular formula is C14H16N2O2. The average Bonchev–Trinajstić information content (AvgIpc) is 2.35. The molecule has 0 unspecified atom stereocenters. The zero-order valence-corrected chi connectivity index (χ0v) is 10.4. The molecule has 0 aliphatic heterocycles. The molecule has 0 amide bonds. The maximum absolute atomic E-state index is 11.1. The van der Waals surface area contributed by atoms with Crippen molar-refractivity contribution in [3.05, 3.63) is 36.4 Å². The maximum Gasteiger partial charge on any atom is 0.326 e. The van der Waals surface area contributed by atoms with E-state index >= 15 is 0 Å². The Labute approximate surface area is 106 Å². The van der Waals surface area contributed by atoms with Gasteiger partial charge in [-0.15, -0.1) is 0 Å². The van der Waals surface area contributed by atoms with E-state index in [2.05, 4.69) is 10.3 Å². The molecule has 0 spiro atoms. The van der Waals surface area contributed by atoms with Gasteiger partial charge in [0.25, 0.3) is 0 Å². The predicted molar refractivity (Wildman–Crippen MR) is 71.6 cm³/mol. The van der Waals surface area contributed by atoms with Crippen molar-refractivity contribution in [2.24, 2.45) is 5.92 Å². The number of carbonyl (C=O) groups is 1. The van der Waals surface area contributed by atoms with Crippen LogP contribution in [0.5, 0.6) is 0 Å². The number of benzene rings is 1. The molecule has 0 aliphatic rings. The van der Waals surface area contributed by atoms with Crippen molar-refractivity contribution >= 4 is 22.7 Å². The second-order valence-corrected chi connectivity index (χ2v) is 4.59. The topological polar surface area (TPSA) is 62.2 Å². The van der Waals surface area contributed by atoms with Crippen molar-refractivity contribution in [2.75, 3.05) is 5.32 Å². The SMILES string of the molecule is CC(C)[C@@H](Nc1ccc2ccccc2n1)C(=O)O. The van der Waals surface area contributed by atoms with Crippen molar-refractivity contribution in [3.63, 3.8) is 0 Å². The lowest BCUT2D eigenvalue weighted by Gasteiger charge is -2.18. The summed E-state index contributed by atoms with van der Waals surface area (Å²) in [4.78, 5) is 15.5. The average molecular weight is 244 g/mol. The van der Waals surface area contributed by atoms with E-state index in [4.69, 9.17) is 5.11 Å². The quantitative estimate of drug-likeness (QED) is 0.868. The third kappa shape index (κ3) is 2.59. The number of nitrogens with zero attached hydrogens (tertiary/aromatic N) is 1. The molecule has 0 saturated carbocycles. The maximum atomic E-state index is 11.1. The van der Waals surface area contributed by atoms with Crippen LogP contribution < -0.4 is 5.32 Å². The fourth-order valence-corrected chi connectivity index (χ4v) is 1.82. The summed E-state index contributed by atoms with van der Waals surface area (Å²) < 4.78 is 0. The Balaban J connectivity index is 2.28. The number of fused-ring (bicyclic) bond motifs is 1. The van der Waals surface area contributed by atoms with E-state index in [1.54, 1.807) is 6.07 Å². The molecule has 1 aromatic heterocycles. The molecule has 94 valence electrons. The van der Waals surface area contributed by atoms with Gasteiger partial charge in [-0.2, -0.15) is 0 Å². The standard InChI is InChI=1S/C14H16N2O2/c1-9(2)13(14(17)18)16-12-8-7-10-5-3-4-6-11(10)15-12/h3-9,13H,1-2H3,(H,15,16)(H,17,18)/t13-/m1/s1. The second-order valence-electron chi connectivity index (χ2n) is 4.59. The lowest BCUT2D eigenvalue weighted by atomic mass is 10.0. The molecule has 1 heterocycles. The molecule has 0 aliphatic carbocycles. The molecule has 18 heavy (non-hydrogen) atoms. The Morgan fingerprint density at radius 1 is 1.22 bits per heavy atom. The first kappa shape index (κ1) is 12.4. The number of carboxylic acids is 1. The summed E-state index contributed by atoms with van der Waals surface area (Å²) in [5.74, 6) is -0.273. The number of anilines is 1. The number of aliphatic carboxylic acids is 1. The lowest BCUT2D eigenvalue weighted by molar-refractivity contribution is -0.138. The van der Waals surface area contributed by atoms with Crippen LogP contribution in [0, 0.1) is 5.92 Å². The van der Waals surface area contributed by atoms with E-state index in [1.807, 2.05) is 44.2 Å². The van der Waals surface area contributed by atoms with Gasteiger partial charge in [0.05, 0.1) is 5.52 Å². The number of hydrogen-bond donors (Lipinski definition) is 2. The van der Waals surface area contributed by atoms with Crippen LogP contribution in [-0.4, -0.2) is 22.1 Å². The molecule has 4 nitrogen and oxygen atoms in total. The Kier molecular flexibility index (Phi) is 3.46. The minimum atomic E-state index is -0.861. The molecule has 0 saturated heterocycles. The van der Waals surface area contributed by atoms with E-state index < -0.39 is 12.0 Å². The zero-order valence-electron chi connectivity index (χ0n) is 10.4. The first-order chi connectivity index (χ1) is 8.58. The minimum absolute atomic E-state index is 0.00392. The number of aromatic nitrogens is 1. The van der Waals surface area contributed by atoms with Gasteiger partial charge in [-0.25, -0.2) is 9.78 Å². The largest absolute Gasteiger partial charge is 0.480 e. The number of hydrogen-bond acceptors (Lipinski definition) is 3. The number of rotatable bonds is 4. The van der Waals surface area contributed by atoms with E-state index in [-0.39, 0.29) is 5.92 Å². The molecule has 0 radical (unpaired) electrons. The number of nitrogens with one attached hydrogen (secondary N) is 1. The summed E-state index contributed by atoms with van der Waals surface area (Å²) in [5.41, 5.74) is 0.857. The van der Waals surface area contributed by atoms with Gasteiger partial charge in [-0.3, -0.25) is 0 Å². The van der Waals surface area contributed by atoms with Crippen LogP contribution in [0.15, 0.2) is 36.4 Å². The highest BCUT2D eigenvalue weighted by atomic mass is 16.4. The van der Waals surface area contributed by atoms with Gasteiger partial charge in [0.2, 0.25) is 0 Å². The van der Waals surface area contributed by atoms with Crippen LogP contribution in [0.3, 0.4) is 0 Å². The van der Waals surface area contributed by atoms with E-state index in [0.717, 1.165) is 10.9 Å². The number of carboxylic acid groups (broad SMARTS) is 1. The third-order valence-corrected chi connectivity index (χ3v) is 2.83. The first-order valence-electron chi connectivity index (χ1n) is 5.93. The normalized spacial score (nSPS) is 12.6. The molecule has 0 bridgehead atoms. The fraction of sp³-hybridized carbons (Fsp3) is 0.286. The van der Waals surface area contributed by atoms with Gasteiger partial charge in [-0.05, 0) is 24.1 Å². The number of pyridine rings is 1. The second kappa shape index (κ2) is 5.04. The van der Waals surface area contributed by atoms with E-state index in [0.29, 0.717) is 5.82 Å².